The van der Waals surface area contributed by atoms with Crippen molar-refractivity contribution in [3.8, 4) is 11.4 Å². The zero-order chi connectivity index (χ0) is 17.2. The number of ether oxygens (including phenoxy) is 1. The summed E-state index contributed by atoms with van der Waals surface area (Å²) in [5.41, 5.74) is 2.55. The van der Waals surface area contributed by atoms with E-state index in [1.807, 2.05) is 22.9 Å². The third-order valence-electron chi connectivity index (χ3n) is 4.05. The Balaban J connectivity index is 1.72. The van der Waals surface area contributed by atoms with Gasteiger partial charge < -0.3 is 15.0 Å². The minimum absolute atomic E-state index is 0.283. The first-order valence-corrected chi connectivity index (χ1v) is 8.47. The Morgan fingerprint density at radius 1 is 1.12 bits per heavy atom. The highest BCUT2D eigenvalue weighted by Crippen LogP contribution is 2.23. The van der Waals surface area contributed by atoms with Gasteiger partial charge in [0.2, 0.25) is 5.95 Å². The molecule has 4 rings (SSSR count). The molecule has 0 spiro atoms. The fourth-order valence-corrected chi connectivity index (χ4v) is 2.89. The van der Waals surface area contributed by atoms with Gasteiger partial charge in [-0.1, -0.05) is 0 Å². The van der Waals surface area contributed by atoms with Crippen LogP contribution in [0.1, 0.15) is 13.8 Å². The van der Waals surface area contributed by atoms with Gasteiger partial charge in [0.25, 0.3) is 0 Å². The number of anilines is 2. The van der Waals surface area contributed by atoms with Crippen molar-refractivity contribution < 1.29 is 4.74 Å². The van der Waals surface area contributed by atoms with Crippen LogP contribution in [0.3, 0.4) is 0 Å². The first-order chi connectivity index (χ1) is 12.2. The molecule has 1 aliphatic heterocycles. The van der Waals surface area contributed by atoms with E-state index in [9.17, 15) is 0 Å². The van der Waals surface area contributed by atoms with Crippen LogP contribution in [0.5, 0.6) is 0 Å². The molecular weight excluding hydrogens is 318 g/mol. The van der Waals surface area contributed by atoms with Crippen LogP contribution < -0.4 is 10.2 Å². The molecule has 1 saturated heterocycles. The van der Waals surface area contributed by atoms with Crippen molar-refractivity contribution in [2.45, 2.75) is 19.9 Å². The molecule has 3 aromatic rings. The molecule has 0 amide bonds. The van der Waals surface area contributed by atoms with E-state index in [1.165, 1.54) is 0 Å². The van der Waals surface area contributed by atoms with Crippen LogP contribution in [0.2, 0.25) is 0 Å². The summed E-state index contributed by atoms with van der Waals surface area (Å²) in [5, 5.41) is 3.33. The van der Waals surface area contributed by atoms with Crippen LogP contribution in [0, 0.1) is 0 Å². The van der Waals surface area contributed by atoms with E-state index in [4.69, 9.17) is 9.72 Å². The monoisotopic (exact) mass is 339 g/mol. The number of morpholine rings is 1. The molecule has 1 fully saturated rings. The minimum Gasteiger partial charge on any atom is -0.378 e. The van der Waals surface area contributed by atoms with Crippen LogP contribution in [0.15, 0.2) is 30.9 Å². The van der Waals surface area contributed by atoms with Gasteiger partial charge in [-0.25, -0.2) is 19.9 Å². The van der Waals surface area contributed by atoms with Crippen molar-refractivity contribution in [2.75, 3.05) is 36.5 Å². The Morgan fingerprint density at radius 3 is 2.76 bits per heavy atom. The smallest absolute Gasteiger partial charge is 0.226 e. The molecule has 130 valence electrons. The quantitative estimate of drug-likeness (QED) is 0.777. The van der Waals surface area contributed by atoms with Crippen molar-refractivity contribution in [1.29, 1.82) is 0 Å². The molecule has 0 aromatic carbocycles. The maximum atomic E-state index is 5.40. The van der Waals surface area contributed by atoms with E-state index in [0.717, 1.165) is 41.9 Å². The fraction of sp³-hybridized carbons (Fsp3) is 0.412. The Hall–Kier alpha value is -2.74. The molecule has 3 aromatic heterocycles. The molecule has 0 bridgehead atoms. The second kappa shape index (κ2) is 6.64. The van der Waals surface area contributed by atoms with Crippen molar-refractivity contribution >= 4 is 17.4 Å². The average molecular weight is 339 g/mol. The lowest BCUT2D eigenvalue weighted by Gasteiger charge is -2.26. The van der Waals surface area contributed by atoms with Gasteiger partial charge in [-0.3, -0.25) is 4.40 Å². The van der Waals surface area contributed by atoms with Crippen LogP contribution in [-0.2, 0) is 4.74 Å². The summed E-state index contributed by atoms with van der Waals surface area (Å²) in [6.45, 7) is 7.19. The number of hydrogen-bond acceptors (Lipinski definition) is 7. The Morgan fingerprint density at radius 2 is 1.96 bits per heavy atom. The van der Waals surface area contributed by atoms with E-state index in [-0.39, 0.29) is 6.04 Å². The minimum atomic E-state index is 0.283. The number of fused-ring (bicyclic) bond motifs is 1. The van der Waals surface area contributed by atoms with Gasteiger partial charge in [0, 0.05) is 37.7 Å². The number of hydrogen-bond donors (Lipinski definition) is 1. The lowest BCUT2D eigenvalue weighted by atomic mass is 10.3. The highest BCUT2D eigenvalue weighted by atomic mass is 16.5. The van der Waals surface area contributed by atoms with E-state index in [2.05, 4.69) is 39.0 Å². The predicted molar refractivity (Wildman–Crippen MR) is 95.8 cm³/mol. The lowest BCUT2D eigenvalue weighted by Crippen LogP contribution is -2.37. The summed E-state index contributed by atoms with van der Waals surface area (Å²) in [7, 11) is 0. The van der Waals surface area contributed by atoms with Gasteiger partial charge in [-0.2, -0.15) is 0 Å². The van der Waals surface area contributed by atoms with Crippen LogP contribution in [0.25, 0.3) is 17.0 Å². The normalized spacial score (nSPS) is 15.1. The standard InChI is InChI=1S/C17H21N7O/c1-12(2)21-15-16-20-11-14(24(16)6-5-18-15)13-3-4-19-17(22-13)23-7-9-25-10-8-23/h3-6,11-12H,7-10H2,1-2H3,(H,18,21). The molecule has 0 atom stereocenters. The fourth-order valence-electron chi connectivity index (χ4n) is 2.89. The summed E-state index contributed by atoms with van der Waals surface area (Å²) in [6.07, 6.45) is 7.29. The second-order valence-corrected chi connectivity index (χ2v) is 6.25. The second-order valence-electron chi connectivity index (χ2n) is 6.25. The number of imidazole rings is 1. The number of nitrogens with zero attached hydrogens (tertiary/aromatic N) is 6. The molecule has 0 radical (unpaired) electrons. The lowest BCUT2D eigenvalue weighted by molar-refractivity contribution is 0.122. The molecule has 8 nitrogen and oxygen atoms in total. The van der Waals surface area contributed by atoms with E-state index in [0.29, 0.717) is 13.2 Å². The maximum Gasteiger partial charge on any atom is 0.226 e. The third kappa shape index (κ3) is 3.12. The summed E-state index contributed by atoms with van der Waals surface area (Å²) in [6, 6.07) is 2.19. The molecule has 1 aliphatic rings. The Labute approximate surface area is 145 Å². The zero-order valence-electron chi connectivity index (χ0n) is 14.4. The molecule has 8 heteroatoms. The average Bonchev–Trinajstić information content (AvgIpc) is 3.07. The summed E-state index contributed by atoms with van der Waals surface area (Å²) < 4.78 is 7.40. The van der Waals surface area contributed by atoms with Crippen molar-refractivity contribution in [2.24, 2.45) is 0 Å². The van der Waals surface area contributed by atoms with Crippen LogP contribution in [0.4, 0.5) is 11.8 Å². The molecule has 25 heavy (non-hydrogen) atoms. The summed E-state index contributed by atoms with van der Waals surface area (Å²) in [5.74, 6) is 1.50. The topological polar surface area (TPSA) is 80.5 Å². The highest BCUT2D eigenvalue weighted by Gasteiger charge is 2.16. The first kappa shape index (κ1) is 15.8. The van der Waals surface area contributed by atoms with Gasteiger partial charge in [0.1, 0.15) is 0 Å². The van der Waals surface area contributed by atoms with Crippen LogP contribution >= 0.6 is 0 Å². The predicted octanol–water partition coefficient (Wildman–Crippen LogP) is 1.84. The zero-order valence-corrected chi connectivity index (χ0v) is 14.4. The molecule has 0 unspecified atom stereocenters. The number of nitrogens with one attached hydrogen (secondary N) is 1. The molecule has 0 saturated carbocycles. The van der Waals surface area contributed by atoms with Crippen molar-refractivity contribution in [3.63, 3.8) is 0 Å². The first-order valence-electron chi connectivity index (χ1n) is 8.47. The summed E-state index contributed by atoms with van der Waals surface area (Å²) in [4.78, 5) is 20.2. The third-order valence-corrected chi connectivity index (χ3v) is 4.05. The van der Waals surface area contributed by atoms with Crippen LogP contribution in [-0.4, -0.2) is 56.7 Å². The highest BCUT2D eigenvalue weighted by molar-refractivity contribution is 5.69. The van der Waals surface area contributed by atoms with Gasteiger partial charge in [0.15, 0.2) is 11.5 Å². The largest absolute Gasteiger partial charge is 0.378 e. The van der Waals surface area contributed by atoms with Crippen molar-refractivity contribution in [1.82, 2.24) is 24.3 Å². The molecule has 1 N–H and O–H groups in total. The molecular formula is C17H21N7O. The van der Waals surface area contributed by atoms with Gasteiger partial charge in [-0.05, 0) is 19.9 Å². The molecule has 0 aliphatic carbocycles. The van der Waals surface area contributed by atoms with Gasteiger partial charge in [0.05, 0.1) is 30.8 Å². The maximum absolute atomic E-state index is 5.40. The van der Waals surface area contributed by atoms with E-state index < -0.39 is 0 Å². The molecule has 4 heterocycles. The Bertz CT molecular complexity index is 870. The van der Waals surface area contributed by atoms with E-state index >= 15 is 0 Å². The van der Waals surface area contributed by atoms with E-state index in [1.54, 1.807) is 12.4 Å². The number of rotatable bonds is 4. The van der Waals surface area contributed by atoms with Gasteiger partial charge >= 0.3 is 0 Å². The SMILES string of the molecule is CC(C)Nc1nccn2c(-c3ccnc(N4CCOCC4)n3)cnc12. The van der Waals surface area contributed by atoms with Gasteiger partial charge in [-0.15, -0.1) is 0 Å². The summed E-state index contributed by atoms with van der Waals surface area (Å²) >= 11 is 0. The Kier molecular flexibility index (Phi) is 4.19. The number of aromatic nitrogens is 5. The van der Waals surface area contributed by atoms with Crippen molar-refractivity contribution in [3.05, 3.63) is 30.9 Å².